The van der Waals surface area contributed by atoms with Gasteiger partial charge in [-0.05, 0) is 88.7 Å². The smallest absolute Gasteiger partial charge is 0.225 e. The molecule has 21 heteroatoms. The van der Waals surface area contributed by atoms with Gasteiger partial charge in [0.15, 0.2) is 11.6 Å². The highest BCUT2D eigenvalue weighted by Crippen LogP contribution is 2.28. The number of rotatable bonds is 44. The van der Waals surface area contributed by atoms with Gasteiger partial charge in [0.1, 0.15) is 17.3 Å². The van der Waals surface area contributed by atoms with E-state index in [1.807, 2.05) is 177 Å². The molecule has 107 heavy (non-hydrogen) atoms. The molecule has 0 aliphatic carbocycles. The first-order valence-electron chi connectivity index (χ1n) is 41.4. The van der Waals surface area contributed by atoms with Crippen LogP contribution in [0.15, 0.2) is 0 Å². The maximum Gasteiger partial charge on any atom is 0.225 e. The predicted octanol–water partition coefficient (Wildman–Crippen LogP) is 15.3. The summed E-state index contributed by atoms with van der Waals surface area (Å²) >= 11 is 3.77. The number of ketones is 5. The minimum absolute atomic E-state index is 0.0283. The van der Waals surface area contributed by atoms with E-state index in [4.69, 9.17) is 0 Å². The monoisotopic (exact) mass is 1560 g/mol. The molecule has 0 radical (unpaired) electrons. The van der Waals surface area contributed by atoms with Gasteiger partial charge in [-0.25, -0.2) is 0 Å². The van der Waals surface area contributed by atoms with Crippen LogP contribution in [0.25, 0.3) is 0 Å². The highest BCUT2D eigenvalue weighted by molar-refractivity contribution is 8.00. The first kappa shape index (κ1) is 115. The van der Waals surface area contributed by atoms with Crippen LogP contribution < -0.4 is 21.3 Å². The van der Waals surface area contributed by atoms with Crippen LogP contribution in [0.5, 0.6) is 0 Å². The van der Waals surface area contributed by atoms with E-state index in [2.05, 4.69) is 149 Å². The standard InChI is InChI=1S/C17H33NO2.C16H31NO3.C13H28N2O.C11H22N2O.C10H21NOS.C10H21NO.C9H19NOS/c1-11(2)9-14(18-13(5)6)15(19)10-17(7,8)16(20)12(3)4;1-10(2)7-13(16(20)11(3)4)8-15(19)14(9-18)17-12(5)6;1-7-14(12(5)6)9-10-15(8-2)13(16)11(3)4;1-9(2)11(14)13-7-5-12(6-8-13)10(3)4;1-8(2)10(12)11(5)6-7-13-9(3)4;1-8(2)5-6-10(12)7-11-9(3)4;1-7(2)9(11)10-5-6-12-8(3)4/h11-14,18H,9-10H2,1-8H3;10-14,17-18H,7-9H2,1-6H3;11-12H,7-10H2,1-6H3;9-10H,5-8H2,1-4H3;8-9H,6-7H2,1-5H3;8-9,11H,5-7H2,1-4H3;7-8H,5-6H2,1-4H3,(H,10,11)/t14-;13-,14+;;;;;/m01...../s1. The van der Waals surface area contributed by atoms with Crippen LogP contribution in [0.2, 0.25) is 0 Å². The fourth-order valence-corrected chi connectivity index (χ4v) is 12.7. The SMILES string of the molecule is CC(C)C(=O)N1CCN(C(C)C)CC1.CC(C)CCC(=O)CNC(C)C.CC(C)C[C@H](CC(=O)[C@H](CO)NC(C)C)C(=O)C(C)C.CC(C)C[C@H](NC(C)C)C(=O)CC(C)(C)C(=O)C(C)C.CC(C)SCCN(C)C(=O)C(C)C.CC(C)SCCNC(=O)C(C)C.CCN(CCN(CC)C(C)C)C(=O)C(C)C. The third-order valence-electron chi connectivity index (χ3n) is 17.4. The predicted molar refractivity (Wildman–Crippen MR) is 462 cm³/mol. The molecule has 1 saturated heterocycles. The van der Waals surface area contributed by atoms with Gasteiger partial charge in [-0.1, -0.05) is 215 Å². The molecular weight excluding hydrogens is 1380 g/mol. The highest BCUT2D eigenvalue weighted by atomic mass is 32.2. The molecule has 0 aromatic heterocycles. The van der Waals surface area contributed by atoms with Crippen LogP contribution in [-0.2, 0) is 43.2 Å². The molecule has 1 heterocycles. The number of hydrogen-bond donors (Lipinski definition) is 5. The topological polar surface area (TPSA) is 238 Å². The Hall–Kier alpha value is -3.31. The fraction of sp³-hybridized carbons (Fsp3) is 0.895. The van der Waals surface area contributed by atoms with Crippen LogP contribution >= 0.6 is 23.5 Å². The van der Waals surface area contributed by atoms with Crippen LogP contribution in [0.3, 0.4) is 0 Å². The van der Waals surface area contributed by atoms with E-state index in [1.54, 1.807) is 0 Å². The van der Waals surface area contributed by atoms with Gasteiger partial charge in [0.2, 0.25) is 23.6 Å². The van der Waals surface area contributed by atoms with Gasteiger partial charge in [0, 0.05) is 174 Å². The third kappa shape index (κ3) is 63.9. The third-order valence-corrected chi connectivity index (χ3v) is 19.6. The summed E-state index contributed by atoms with van der Waals surface area (Å²) in [5, 5.41) is 23.0. The van der Waals surface area contributed by atoms with Crippen LogP contribution in [0.1, 0.15) is 288 Å². The Bertz CT molecular complexity index is 2310. The molecular formula is C86H175N9O10S2. The van der Waals surface area contributed by atoms with Crippen LogP contribution in [0.4, 0.5) is 0 Å². The zero-order valence-electron chi connectivity index (χ0n) is 76.3. The summed E-state index contributed by atoms with van der Waals surface area (Å²) in [6.07, 6.45) is 3.82. The molecule has 0 aromatic carbocycles. The van der Waals surface area contributed by atoms with Gasteiger partial charge >= 0.3 is 0 Å². The minimum atomic E-state index is -0.570. The van der Waals surface area contributed by atoms with Gasteiger partial charge < -0.3 is 41.1 Å². The Labute approximate surface area is 668 Å². The van der Waals surface area contributed by atoms with E-state index in [0.717, 1.165) is 103 Å². The molecule has 0 unspecified atom stereocenters. The van der Waals surface area contributed by atoms with Gasteiger partial charge in [0.25, 0.3) is 0 Å². The number of likely N-dealkylation sites (N-methyl/N-ethyl adjacent to an activating group) is 2. The zero-order chi connectivity index (χ0) is 84.9. The minimum Gasteiger partial charge on any atom is -0.394 e. The lowest BCUT2D eigenvalue weighted by atomic mass is 9.77. The summed E-state index contributed by atoms with van der Waals surface area (Å²) in [6.45, 7) is 82.7. The summed E-state index contributed by atoms with van der Waals surface area (Å²) in [7, 11) is 1.88. The fourth-order valence-electron chi connectivity index (χ4n) is 11.1. The van der Waals surface area contributed by atoms with Crippen molar-refractivity contribution in [1.82, 2.24) is 45.8 Å². The van der Waals surface area contributed by atoms with Gasteiger partial charge in [-0.2, -0.15) is 23.5 Å². The van der Waals surface area contributed by atoms with Gasteiger partial charge in [-0.15, -0.1) is 0 Å². The summed E-state index contributed by atoms with van der Waals surface area (Å²) in [5.41, 5.74) is -0.570. The molecule has 19 nitrogen and oxygen atoms in total. The number of aliphatic hydroxyl groups is 1. The Kier molecular flexibility index (Phi) is 69.7. The van der Waals surface area contributed by atoms with E-state index >= 15 is 0 Å². The number of hydrogen-bond acceptors (Lipinski definition) is 17. The average Bonchev–Trinajstić information content (AvgIpc) is 0.842. The lowest BCUT2D eigenvalue weighted by molar-refractivity contribution is -0.136. The number of nitrogens with one attached hydrogen (secondary N) is 4. The number of Topliss-reactive ketones (excluding diaryl/α,β-unsaturated/α-hetero) is 5. The van der Waals surface area contributed by atoms with Crippen LogP contribution in [-0.4, -0.2) is 232 Å². The van der Waals surface area contributed by atoms with Crippen molar-refractivity contribution >= 4 is 76.1 Å². The van der Waals surface area contributed by atoms with Gasteiger partial charge in [-0.3, -0.25) is 53.0 Å². The first-order valence-corrected chi connectivity index (χ1v) is 43.5. The maximum atomic E-state index is 12.5. The average molecular weight is 1560 g/mol. The molecule has 5 N–H and O–H groups in total. The second-order valence-corrected chi connectivity index (χ2v) is 38.1. The molecule has 1 rings (SSSR count). The van der Waals surface area contributed by atoms with E-state index in [0.29, 0.717) is 71.0 Å². The van der Waals surface area contributed by atoms with Crippen molar-refractivity contribution in [3.8, 4) is 0 Å². The summed E-state index contributed by atoms with van der Waals surface area (Å²) in [6, 6.07) is 1.25. The van der Waals surface area contributed by atoms with Crippen molar-refractivity contribution in [1.29, 1.82) is 0 Å². The van der Waals surface area contributed by atoms with E-state index in [-0.39, 0.29) is 113 Å². The number of aliphatic hydroxyl groups excluding tert-OH is 1. The van der Waals surface area contributed by atoms with Crippen molar-refractivity contribution in [2.45, 2.75) is 341 Å². The van der Waals surface area contributed by atoms with E-state index in [9.17, 15) is 48.3 Å². The van der Waals surface area contributed by atoms with Gasteiger partial charge in [0.05, 0.1) is 25.2 Å². The highest BCUT2D eigenvalue weighted by Gasteiger charge is 2.35. The van der Waals surface area contributed by atoms with Crippen molar-refractivity contribution in [2.75, 3.05) is 97.2 Å². The zero-order valence-corrected chi connectivity index (χ0v) is 77.9. The van der Waals surface area contributed by atoms with Crippen LogP contribution in [0, 0.1) is 64.6 Å². The summed E-state index contributed by atoms with van der Waals surface area (Å²) in [4.78, 5) is 117. The summed E-state index contributed by atoms with van der Waals surface area (Å²) in [5.74, 6) is 5.35. The Morgan fingerprint density at radius 2 is 1.00 bits per heavy atom. The number of nitrogens with zero attached hydrogens (tertiary/aromatic N) is 5. The normalized spacial score (nSPS) is 13.5. The molecule has 0 aromatic rings. The van der Waals surface area contributed by atoms with E-state index < -0.39 is 11.5 Å². The lowest BCUT2D eigenvalue weighted by Gasteiger charge is -2.37. The number of carbonyl (C=O) groups is 9. The molecule has 636 valence electrons. The molecule has 4 amide bonds. The first-order chi connectivity index (χ1) is 49.1. The molecule has 3 atom stereocenters. The van der Waals surface area contributed by atoms with E-state index in [1.165, 1.54) is 0 Å². The molecule has 1 fully saturated rings. The second kappa shape index (κ2) is 65.1. The molecule has 1 aliphatic rings. The Balaban J connectivity index is -0.000000281. The molecule has 0 saturated carbocycles. The molecule has 0 bridgehead atoms. The lowest BCUT2D eigenvalue weighted by Crippen LogP contribution is -2.51. The number of thioether (sulfide) groups is 2. The summed E-state index contributed by atoms with van der Waals surface area (Å²) < 4.78 is 0. The number of piperazine rings is 1. The molecule has 0 spiro atoms. The maximum absolute atomic E-state index is 12.5. The van der Waals surface area contributed by atoms with Crippen molar-refractivity contribution in [3.63, 3.8) is 0 Å². The van der Waals surface area contributed by atoms with Crippen molar-refractivity contribution < 1.29 is 48.3 Å². The number of amides is 4. The van der Waals surface area contributed by atoms with Crippen molar-refractivity contribution in [2.24, 2.45) is 64.6 Å². The second-order valence-electron chi connectivity index (χ2n) is 34.8. The molecule has 1 aliphatic heterocycles. The Morgan fingerprint density at radius 1 is 0.514 bits per heavy atom. The largest absolute Gasteiger partial charge is 0.394 e. The Morgan fingerprint density at radius 3 is 1.36 bits per heavy atom. The van der Waals surface area contributed by atoms with Crippen molar-refractivity contribution in [3.05, 3.63) is 0 Å². The quantitative estimate of drug-likeness (QED) is 0.0356. The number of carbonyl (C=O) groups excluding carboxylic acids is 9.